The van der Waals surface area contributed by atoms with Crippen molar-refractivity contribution in [2.45, 2.75) is 23.3 Å². The fourth-order valence-corrected chi connectivity index (χ4v) is 5.17. The van der Waals surface area contributed by atoms with Crippen LogP contribution in [0.15, 0.2) is 52.4 Å². The zero-order valence-corrected chi connectivity index (χ0v) is 18.4. The summed E-state index contributed by atoms with van der Waals surface area (Å²) in [4.78, 5) is 6.96. The third-order valence-corrected chi connectivity index (χ3v) is 7.36. The van der Waals surface area contributed by atoms with Gasteiger partial charge in [-0.05, 0) is 42.3 Å². The first-order chi connectivity index (χ1) is 15.0. The van der Waals surface area contributed by atoms with Crippen LogP contribution in [0.25, 0.3) is 16.6 Å². The number of benzene rings is 2. The van der Waals surface area contributed by atoms with E-state index in [1.54, 1.807) is 24.3 Å². The third kappa shape index (κ3) is 3.42. The second-order valence-corrected chi connectivity index (χ2v) is 9.63. The van der Waals surface area contributed by atoms with Crippen LogP contribution in [0.5, 0.6) is 0 Å². The standard InChI is InChI=1S/C21H20ClN5O3S/c1-2-14-3-6-16(7-4-14)31(28,29)21-20-23-19(26-9-11-30-12-10-26)17-13-15(22)5-8-18(17)27(20)25-24-21/h3-8,13H,2,9-12H2,1H3. The minimum absolute atomic E-state index is 0.164. The van der Waals surface area contributed by atoms with Crippen molar-refractivity contribution >= 4 is 43.8 Å². The van der Waals surface area contributed by atoms with Gasteiger partial charge in [-0.2, -0.15) is 4.52 Å². The molecule has 0 atom stereocenters. The highest BCUT2D eigenvalue weighted by Gasteiger charge is 2.28. The molecular formula is C21H20ClN5O3S. The molecule has 10 heteroatoms. The Morgan fingerprint density at radius 1 is 1.10 bits per heavy atom. The van der Waals surface area contributed by atoms with Crippen molar-refractivity contribution in [2.75, 3.05) is 31.2 Å². The Hall–Kier alpha value is -2.75. The molecule has 4 aromatic rings. The van der Waals surface area contributed by atoms with Gasteiger partial charge in [-0.25, -0.2) is 13.4 Å². The molecule has 0 radical (unpaired) electrons. The van der Waals surface area contributed by atoms with E-state index in [-0.39, 0.29) is 15.6 Å². The van der Waals surface area contributed by atoms with Crippen molar-refractivity contribution in [2.24, 2.45) is 0 Å². The Labute approximate surface area is 184 Å². The Kier molecular flexibility index (Phi) is 5.04. The lowest BCUT2D eigenvalue weighted by Gasteiger charge is -2.28. The average Bonchev–Trinajstić information content (AvgIpc) is 3.24. The summed E-state index contributed by atoms with van der Waals surface area (Å²) in [5.41, 5.74) is 1.93. The summed E-state index contributed by atoms with van der Waals surface area (Å²) in [6, 6.07) is 12.2. The molecule has 0 amide bonds. The number of morpholine rings is 1. The van der Waals surface area contributed by atoms with Crippen molar-refractivity contribution in [3.8, 4) is 0 Å². The van der Waals surface area contributed by atoms with Gasteiger partial charge in [0.1, 0.15) is 5.82 Å². The molecule has 1 aliphatic heterocycles. The number of hydrogen-bond donors (Lipinski definition) is 0. The number of nitrogens with zero attached hydrogens (tertiary/aromatic N) is 5. The average molecular weight is 458 g/mol. The lowest BCUT2D eigenvalue weighted by Crippen LogP contribution is -2.37. The SMILES string of the molecule is CCc1ccc(S(=O)(=O)c2nnn3c2nc(N2CCOCC2)c2cc(Cl)ccc23)cc1. The normalized spacial score (nSPS) is 15.1. The van der Waals surface area contributed by atoms with Crippen molar-refractivity contribution in [3.05, 3.63) is 53.1 Å². The predicted octanol–water partition coefficient (Wildman–Crippen LogP) is 3.16. The van der Waals surface area contributed by atoms with Crippen LogP contribution in [0.4, 0.5) is 5.82 Å². The van der Waals surface area contributed by atoms with Gasteiger partial charge in [0.05, 0.1) is 23.6 Å². The maximum Gasteiger partial charge on any atom is 0.229 e. The molecule has 0 bridgehead atoms. The summed E-state index contributed by atoms with van der Waals surface area (Å²) in [5.74, 6) is 0.647. The number of aromatic nitrogens is 4. The first-order valence-electron chi connectivity index (χ1n) is 10.0. The zero-order valence-electron chi connectivity index (χ0n) is 16.8. The fraction of sp³-hybridized carbons (Fsp3) is 0.286. The Morgan fingerprint density at radius 2 is 1.84 bits per heavy atom. The van der Waals surface area contributed by atoms with Crippen LogP contribution in [0.1, 0.15) is 12.5 Å². The molecule has 8 nitrogen and oxygen atoms in total. The highest BCUT2D eigenvalue weighted by atomic mass is 35.5. The van der Waals surface area contributed by atoms with Gasteiger partial charge < -0.3 is 9.64 Å². The molecule has 1 aliphatic rings. The van der Waals surface area contributed by atoms with E-state index in [0.29, 0.717) is 42.7 Å². The van der Waals surface area contributed by atoms with Crippen molar-refractivity contribution < 1.29 is 13.2 Å². The van der Waals surface area contributed by atoms with Crippen LogP contribution in [0.3, 0.4) is 0 Å². The molecule has 0 aliphatic carbocycles. The second-order valence-electron chi connectivity index (χ2n) is 7.33. The molecule has 3 heterocycles. The molecule has 2 aromatic heterocycles. The van der Waals surface area contributed by atoms with Gasteiger partial charge in [-0.1, -0.05) is 35.9 Å². The maximum atomic E-state index is 13.4. The smallest absolute Gasteiger partial charge is 0.229 e. The van der Waals surface area contributed by atoms with Crippen LogP contribution in [-0.2, 0) is 21.0 Å². The largest absolute Gasteiger partial charge is 0.378 e. The molecule has 0 spiro atoms. The van der Waals surface area contributed by atoms with Crippen LogP contribution in [0, 0.1) is 0 Å². The molecule has 5 rings (SSSR count). The van der Waals surface area contributed by atoms with Gasteiger partial charge >= 0.3 is 0 Å². The molecule has 0 saturated carbocycles. The summed E-state index contributed by atoms with van der Waals surface area (Å²) in [6.45, 7) is 4.45. The summed E-state index contributed by atoms with van der Waals surface area (Å²) in [6.07, 6.45) is 0.828. The van der Waals surface area contributed by atoms with Gasteiger partial charge in [0, 0.05) is 23.5 Å². The first-order valence-corrected chi connectivity index (χ1v) is 11.9. The Morgan fingerprint density at radius 3 is 2.55 bits per heavy atom. The van der Waals surface area contributed by atoms with E-state index in [0.717, 1.165) is 17.4 Å². The number of rotatable bonds is 4. The van der Waals surface area contributed by atoms with Crippen LogP contribution in [0.2, 0.25) is 5.02 Å². The lowest BCUT2D eigenvalue weighted by atomic mass is 10.2. The van der Waals surface area contributed by atoms with Gasteiger partial charge in [-0.3, -0.25) is 0 Å². The summed E-state index contributed by atoms with van der Waals surface area (Å²) in [7, 11) is -3.90. The number of fused-ring (bicyclic) bond motifs is 3. The number of anilines is 1. The van der Waals surface area contributed by atoms with Gasteiger partial charge in [0.2, 0.25) is 14.9 Å². The Balaban J connectivity index is 1.74. The van der Waals surface area contributed by atoms with Crippen molar-refractivity contribution in [1.82, 2.24) is 19.8 Å². The fourth-order valence-electron chi connectivity index (χ4n) is 3.76. The molecule has 31 heavy (non-hydrogen) atoms. The second kappa shape index (κ2) is 7.74. The first kappa shape index (κ1) is 20.2. The summed E-state index contributed by atoms with van der Waals surface area (Å²) in [5, 5.41) is 9.34. The minimum Gasteiger partial charge on any atom is -0.378 e. The molecule has 1 saturated heterocycles. The van der Waals surface area contributed by atoms with E-state index in [9.17, 15) is 8.42 Å². The van der Waals surface area contributed by atoms with Crippen LogP contribution >= 0.6 is 11.6 Å². The van der Waals surface area contributed by atoms with Crippen molar-refractivity contribution in [3.63, 3.8) is 0 Å². The molecule has 0 unspecified atom stereocenters. The lowest BCUT2D eigenvalue weighted by molar-refractivity contribution is 0.122. The van der Waals surface area contributed by atoms with E-state index < -0.39 is 9.84 Å². The number of halogens is 1. The predicted molar refractivity (Wildman–Crippen MR) is 118 cm³/mol. The summed E-state index contributed by atoms with van der Waals surface area (Å²) < 4.78 is 33.7. The van der Waals surface area contributed by atoms with Crippen molar-refractivity contribution in [1.29, 1.82) is 0 Å². The Bertz CT molecular complexity index is 1380. The number of aryl methyl sites for hydroxylation is 1. The molecule has 0 N–H and O–H groups in total. The van der Waals surface area contributed by atoms with E-state index in [2.05, 4.69) is 15.2 Å². The maximum absolute atomic E-state index is 13.4. The molecular weight excluding hydrogens is 438 g/mol. The summed E-state index contributed by atoms with van der Waals surface area (Å²) >= 11 is 6.25. The highest BCUT2D eigenvalue weighted by molar-refractivity contribution is 7.91. The van der Waals surface area contributed by atoms with Gasteiger partial charge in [-0.15, -0.1) is 5.10 Å². The topological polar surface area (TPSA) is 89.7 Å². The van der Waals surface area contributed by atoms with Crippen LogP contribution in [-0.4, -0.2) is 54.5 Å². The molecule has 2 aromatic carbocycles. The van der Waals surface area contributed by atoms with E-state index in [1.807, 2.05) is 25.1 Å². The van der Waals surface area contributed by atoms with E-state index in [1.165, 1.54) is 4.52 Å². The molecule has 160 valence electrons. The third-order valence-electron chi connectivity index (χ3n) is 5.46. The van der Waals surface area contributed by atoms with E-state index in [4.69, 9.17) is 21.3 Å². The number of ether oxygens (including phenoxy) is 1. The minimum atomic E-state index is -3.90. The number of hydrogen-bond acceptors (Lipinski definition) is 7. The number of sulfone groups is 1. The zero-order chi connectivity index (χ0) is 21.6. The monoisotopic (exact) mass is 457 g/mol. The quantitative estimate of drug-likeness (QED) is 0.465. The van der Waals surface area contributed by atoms with Crippen LogP contribution < -0.4 is 4.90 Å². The molecule has 1 fully saturated rings. The van der Waals surface area contributed by atoms with Gasteiger partial charge in [0.15, 0.2) is 5.65 Å². The van der Waals surface area contributed by atoms with Gasteiger partial charge in [0.25, 0.3) is 0 Å². The van der Waals surface area contributed by atoms with E-state index >= 15 is 0 Å². The highest BCUT2D eigenvalue weighted by Crippen LogP contribution is 2.32.